The van der Waals surface area contributed by atoms with Crippen molar-refractivity contribution in [1.82, 2.24) is 4.31 Å². The van der Waals surface area contributed by atoms with Gasteiger partial charge < -0.3 is 4.74 Å². The summed E-state index contributed by atoms with van der Waals surface area (Å²) in [7, 11) is 1.61. The zero-order valence-electron chi connectivity index (χ0n) is 21.6. The van der Waals surface area contributed by atoms with Gasteiger partial charge in [0.15, 0.2) is 0 Å². The first kappa shape index (κ1) is 26.3. The van der Waals surface area contributed by atoms with Crippen molar-refractivity contribution in [3.05, 3.63) is 120 Å². The van der Waals surface area contributed by atoms with Crippen LogP contribution >= 0.6 is 7.92 Å². The van der Waals surface area contributed by atoms with Crippen molar-refractivity contribution in [2.75, 3.05) is 14.2 Å². The number of nitrogens with zero attached hydrogens (tertiary/aromatic N) is 1. The van der Waals surface area contributed by atoms with Crippen molar-refractivity contribution in [2.24, 2.45) is 0 Å². The van der Waals surface area contributed by atoms with Gasteiger partial charge in [-0.25, -0.2) is 8.51 Å². The molecule has 36 heavy (non-hydrogen) atoms. The molecule has 0 bridgehead atoms. The first-order valence-corrected chi connectivity index (χ1v) is 14.5. The molecule has 0 heterocycles. The average molecular weight is 516 g/mol. The van der Waals surface area contributed by atoms with Gasteiger partial charge in [-0.1, -0.05) is 97.1 Å². The maximum atomic E-state index is 13.7. The summed E-state index contributed by atoms with van der Waals surface area (Å²) in [5, 5.41) is 3.85. The lowest BCUT2D eigenvalue weighted by Gasteiger charge is -2.35. The van der Waals surface area contributed by atoms with E-state index in [1.54, 1.807) is 7.11 Å². The van der Waals surface area contributed by atoms with Crippen LogP contribution in [0, 0.1) is 0 Å². The maximum Gasteiger partial charge on any atom is 0.118 e. The van der Waals surface area contributed by atoms with Gasteiger partial charge in [-0.2, -0.15) is 0 Å². The second-order valence-corrected chi connectivity index (χ2v) is 14.1. The second kappa shape index (κ2) is 11.5. The van der Waals surface area contributed by atoms with Crippen molar-refractivity contribution in [2.45, 2.75) is 31.6 Å². The Morgan fingerprint density at radius 3 is 1.75 bits per heavy atom. The Hall–Kier alpha value is -2.78. The van der Waals surface area contributed by atoms with Crippen molar-refractivity contribution >= 4 is 34.8 Å². The molecule has 0 aliphatic carbocycles. The molecule has 0 fully saturated rings. The lowest BCUT2D eigenvalue weighted by Crippen LogP contribution is -2.39. The average Bonchev–Trinajstić information content (AvgIpc) is 2.90. The molecule has 0 aliphatic rings. The molecule has 4 rings (SSSR count). The van der Waals surface area contributed by atoms with Crippen molar-refractivity contribution in [3.8, 4) is 5.75 Å². The molecule has 2 atom stereocenters. The van der Waals surface area contributed by atoms with Gasteiger partial charge in [-0.05, 0) is 67.9 Å². The SMILES string of the molecule is COc1ccc(C(c2ccccc2P(c2ccccc2)c2ccccc2)N(C)[S@](=O)C(C)(C)C)cc1. The van der Waals surface area contributed by atoms with E-state index in [9.17, 15) is 4.21 Å². The standard InChI is InChI=1S/C31H34NO2PS/c1-31(2,3)36(33)32(4)30(24-20-22-25(34-5)23-21-24)28-18-12-13-19-29(28)35(26-14-8-6-9-15-26)27-16-10-7-11-17-27/h6-23,30H,1-5H3/t30?,36-/m1/s1. The Balaban J connectivity index is 1.94. The van der Waals surface area contributed by atoms with Gasteiger partial charge in [0.25, 0.3) is 0 Å². The minimum atomic E-state index is -1.22. The quantitative estimate of drug-likeness (QED) is 0.272. The largest absolute Gasteiger partial charge is 0.497 e. The van der Waals surface area contributed by atoms with Crippen LogP contribution < -0.4 is 20.7 Å². The summed E-state index contributed by atoms with van der Waals surface area (Å²) in [6, 6.07) is 38.0. The van der Waals surface area contributed by atoms with Crippen LogP contribution in [0.3, 0.4) is 0 Å². The molecule has 0 saturated heterocycles. The van der Waals surface area contributed by atoms with Crippen LogP contribution in [-0.4, -0.2) is 27.4 Å². The van der Waals surface area contributed by atoms with Crippen LogP contribution in [0.4, 0.5) is 0 Å². The van der Waals surface area contributed by atoms with Crippen LogP contribution in [0.15, 0.2) is 109 Å². The minimum absolute atomic E-state index is 0.190. The highest BCUT2D eigenvalue weighted by Gasteiger charge is 2.33. The zero-order valence-corrected chi connectivity index (χ0v) is 23.3. The van der Waals surface area contributed by atoms with E-state index >= 15 is 0 Å². The van der Waals surface area contributed by atoms with Gasteiger partial charge in [0, 0.05) is 7.05 Å². The molecule has 3 nitrogen and oxygen atoms in total. The van der Waals surface area contributed by atoms with E-state index in [0.29, 0.717) is 0 Å². The summed E-state index contributed by atoms with van der Waals surface area (Å²) < 4.78 is 20.8. The third-order valence-corrected chi connectivity index (χ3v) is 10.4. The lowest BCUT2D eigenvalue weighted by atomic mass is 9.98. The van der Waals surface area contributed by atoms with Gasteiger partial charge in [0.2, 0.25) is 0 Å². The summed E-state index contributed by atoms with van der Waals surface area (Å²) in [5.41, 5.74) is 2.25. The normalized spacial score (nSPS) is 13.5. The van der Waals surface area contributed by atoms with Gasteiger partial charge in [0.1, 0.15) is 16.7 Å². The highest BCUT2D eigenvalue weighted by atomic mass is 32.2. The Labute approximate surface area is 219 Å². The summed E-state index contributed by atoms with van der Waals surface area (Å²) in [4.78, 5) is 0. The molecule has 0 amide bonds. The van der Waals surface area contributed by atoms with E-state index in [1.165, 1.54) is 21.5 Å². The van der Waals surface area contributed by atoms with E-state index in [1.807, 2.05) is 44.3 Å². The van der Waals surface area contributed by atoms with Gasteiger partial charge in [0.05, 0.1) is 17.9 Å². The number of benzene rings is 4. The molecule has 0 N–H and O–H groups in total. The Morgan fingerprint density at radius 1 is 0.750 bits per heavy atom. The summed E-state index contributed by atoms with van der Waals surface area (Å²) in [5.74, 6) is 0.807. The molecule has 0 spiro atoms. The molecule has 4 aromatic carbocycles. The monoisotopic (exact) mass is 515 g/mol. The molecule has 1 unspecified atom stereocenters. The van der Waals surface area contributed by atoms with Crippen LogP contribution in [-0.2, 0) is 11.0 Å². The molecule has 5 heteroatoms. The molecule has 0 radical (unpaired) electrons. The molecule has 186 valence electrons. The fourth-order valence-electron chi connectivity index (χ4n) is 4.40. The van der Waals surface area contributed by atoms with Crippen molar-refractivity contribution in [3.63, 3.8) is 0 Å². The first-order chi connectivity index (χ1) is 17.3. The highest BCUT2D eigenvalue weighted by Crippen LogP contribution is 2.39. The second-order valence-electron chi connectivity index (χ2n) is 9.65. The number of hydrogen-bond acceptors (Lipinski definition) is 2. The van der Waals surface area contributed by atoms with Crippen LogP contribution in [0.5, 0.6) is 5.75 Å². The third kappa shape index (κ3) is 5.78. The first-order valence-electron chi connectivity index (χ1n) is 12.1. The molecule has 0 aliphatic heterocycles. The molecule has 0 saturated carbocycles. The number of ether oxygens (including phenoxy) is 1. The maximum absolute atomic E-state index is 13.7. The molecular weight excluding hydrogens is 481 g/mol. The van der Waals surface area contributed by atoms with Crippen molar-refractivity contribution < 1.29 is 8.95 Å². The highest BCUT2D eigenvalue weighted by molar-refractivity contribution is 7.84. The van der Waals surface area contributed by atoms with Gasteiger partial charge in [-0.15, -0.1) is 0 Å². The Kier molecular flexibility index (Phi) is 8.41. The summed E-state index contributed by atoms with van der Waals surface area (Å²) >= 11 is 0. The van der Waals surface area contributed by atoms with E-state index < -0.39 is 23.7 Å². The third-order valence-electron chi connectivity index (χ3n) is 6.08. The van der Waals surface area contributed by atoms with E-state index in [0.717, 1.165) is 11.3 Å². The predicted octanol–water partition coefficient (Wildman–Crippen LogP) is 5.94. The minimum Gasteiger partial charge on any atom is -0.497 e. The molecule has 0 aromatic heterocycles. The van der Waals surface area contributed by atoms with Crippen LogP contribution in [0.25, 0.3) is 0 Å². The summed E-state index contributed by atoms with van der Waals surface area (Å²) in [6.45, 7) is 6.08. The van der Waals surface area contributed by atoms with Crippen molar-refractivity contribution in [1.29, 1.82) is 0 Å². The van der Waals surface area contributed by atoms with E-state index in [-0.39, 0.29) is 6.04 Å². The van der Waals surface area contributed by atoms with E-state index in [2.05, 4.69) is 97.1 Å². The van der Waals surface area contributed by atoms with E-state index in [4.69, 9.17) is 4.74 Å². The number of rotatable bonds is 8. The Bertz CT molecular complexity index is 1250. The van der Waals surface area contributed by atoms with Crippen LogP contribution in [0.1, 0.15) is 37.9 Å². The summed E-state index contributed by atoms with van der Waals surface area (Å²) in [6.07, 6.45) is 0. The van der Waals surface area contributed by atoms with Gasteiger partial charge >= 0.3 is 0 Å². The number of methoxy groups -OCH3 is 1. The topological polar surface area (TPSA) is 29.5 Å². The zero-order chi connectivity index (χ0) is 25.7. The lowest BCUT2D eigenvalue weighted by molar-refractivity contribution is 0.413. The fourth-order valence-corrected chi connectivity index (χ4v) is 8.18. The smallest absolute Gasteiger partial charge is 0.118 e. The fraction of sp³-hybridized carbons (Fsp3) is 0.226. The number of hydrogen-bond donors (Lipinski definition) is 0. The van der Waals surface area contributed by atoms with Gasteiger partial charge in [-0.3, -0.25) is 0 Å². The molecular formula is C31H34NO2PS. The molecule has 4 aromatic rings. The Morgan fingerprint density at radius 2 is 1.25 bits per heavy atom. The van der Waals surface area contributed by atoms with Crippen LogP contribution in [0.2, 0.25) is 0 Å². The predicted molar refractivity (Wildman–Crippen MR) is 156 cm³/mol.